The van der Waals surface area contributed by atoms with E-state index in [-0.39, 0.29) is 12.0 Å². The molecule has 2 heterocycles. The molecule has 1 aromatic carbocycles. The predicted molar refractivity (Wildman–Crippen MR) is 106 cm³/mol. The van der Waals surface area contributed by atoms with E-state index in [4.69, 9.17) is 4.74 Å². The summed E-state index contributed by atoms with van der Waals surface area (Å²) in [4.78, 5) is 14.2. The van der Waals surface area contributed by atoms with E-state index in [1.807, 2.05) is 0 Å². The molecule has 0 bridgehead atoms. The Hall–Kier alpha value is -1.65. The zero-order chi connectivity index (χ0) is 17.9. The second-order valence-corrected chi connectivity index (χ2v) is 8.54. The van der Waals surface area contributed by atoms with Gasteiger partial charge in [-0.1, -0.05) is 29.8 Å². The lowest BCUT2D eigenvalue weighted by Crippen LogP contribution is -2.35. The molecule has 4 rings (SSSR count). The van der Waals surface area contributed by atoms with E-state index < -0.39 is 0 Å². The number of benzene rings is 1. The first kappa shape index (κ1) is 17.7. The number of fused-ring (bicyclic) bond motifs is 1. The van der Waals surface area contributed by atoms with E-state index in [0.717, 1.165) is 37.9 Å². The molecule has 1 aliphatic heterocycles. The van der Waals surface area contributed by atoms with Gasteiger partial charge in [0.2, 0.25) is 0 Å². The van der Waals surface area contributed by atoms with Crippen LogP contribution in [0.1, 0.15) is 63.7 Å². The van der Waals surface area contributed by atoms with E-state index in [1.165, 1.54) is 34.4 Å². The Balaban J connectivity index is 1.43. The molecule has 0 spiro atoms. The standard InChI is InChI=1S/C22H27NO2S/c1-15-8-10-16(11-9-15)21-17(5-4-12-25-21)13-23-22(24)19-14-26-20-7-3-2-6-18(19)20/h8-11,14,17,21H,2-7,12-13H2,1H3,(H,23,24). The summed E-state index contributed by atoms with van der Waals surface area (Å²) in [7, 11) is 0. The van der Waals surface area contributed by atoms with Gasteiger partial charge >= 0.3 is 0 Å². The summed E-state index contributed by atoms with van der Waals surface area (Å²) in [6, 6.07) is 8.60. The number of thiophene rings is 1. The summed E-state index contributed by atoms with van der Waals surface area (Å²) >= 11 is 1.75. The lowest BCUT2D eigenvalue weighted by atomic mass is 9.89. The molecule has 0 radical (unpaired) electrons. The molecule has 1 aliphatic carbocycles. The van der Waals surface area contributed by atoms with Crippen LogP contribution in [-0.2, 0) is 17.6 Å². The zero-order valence-electron chi connectivity index (χ0n) is 15.4. The minimum Gasteiger partial charge on any atom is -0.373 e. The first-order valence-corrected chi connectivity index (χ1v) is 10.7. The van der Waals surface area contributed by atoms with Gasteiger partial charge in [0.25, 0.3) is 5.91 Å². The van der Waals surface area contributed by atoms with Gasteiger partial charge in [0.05, 0.1) is 11.7 Å². The summed E-state index contributed by atoms with van der Waals surface area (Å²) < 4.78 is 6.08. The second kappa shape index (κ2) is 7.93. The number of amides is 1. The van der Waals surface area contributed by atoms with Crippen LogP contribution in [0.15, 0.2) is 29.6 Å². The smallest absolute Gasteiger partial charge is 0.252 e. The average molecular weight is 370 g/mol. The number of nitrogens with one attached hydrogen (secondary N) is 1. The molecule has 138 valence electrons. The first-order chi connectivity index (χ1) is 12.7. The Labute approximate surface area is 159 Å². The lowest BCUT2D eigenvalue weighted by molar-refractivity contribution is -0.0272. The maximum atomic E-state index is 12.8. The molecule has 2 aromatic rings. The van der Waals surface area contributed by atoms with Gasteiger partial charge in [-0.25, -0.2) is 0 Å². The largest absolute Gasteiger partial charge is 0.373 e. The number of carbonyl (C=O) groups is 1. The monoisotopic (exact) mass is 369 g/mol. The van der Waals surface area contributed by atoms with Crippen molar-refractivity contribution in [2.75, 3.05) is 13.2 Å². The summed E-state index contributed by atoms with van der Waals surface area (Å²) in [6.45, 7) is 3.59. The van der Waals surface area contributed by atoms with Gasteiger partial charge in [0, 0.05) is 29.3 Å². The van der Waals surface area contributed by atoms with Crippen molar-refractivity contribution in [3.8, 4) is 0 Å². The highest BCUT2D eigenvalue weighted by Gasteiger charge is 2.28. The molecule has 2 unspecified atom stereocenters. The van der Waals surface area contributed by atoms with Gasteiger partial charge in [0.1, 0.15) is 0 Å². The highest BCUT2D eigenvalue weighted by Crippen LogP contribution is 2.34. The van der Waals surface area contributed by atoms with Crippen molar-refractivity contribution in [1.29, 1.82) is 0 Å². The molecule has 2 atom stereocenters. The van der Waals surface area contributed by atoms with Crippen molar-refractivity contribution in [3.63, 3.8) is 0 Å². The number of ether oxygens (including phenoxy) is 1. The van der Waals surface area contributed by atoms with Crippen molar-refractivity contribution in [3.05, 3.63) is 56.8 Å². The molecule has 1 amide bonds. The van der Waals surface area contributed by atoms with E-state index in [1.54, 1.807) is 11.3 Å². The van der Waals surface area contributed by atoms with Crippen molar-refractivity contribution in [2.45, 2.75) is 51.6 Å². The Morgan fingerprint density at radius 3 is 2.85 bits per heavy atom. The van der Waals surface area contributed by atoms with Gasteiger partial charge in [-0.05, 0) is 56.6 Å². The maximum absolute atomic E-state index is 12.8. The van der Waals surface area contributed by atoms with Crippen molar-refractivity contribution < 1.29 is 9.53 Å². The Kier molecular flexibility index (Phi) is 5.41. The summed E-state index contributed by atoms with van der Waals surface area (Å²) in [6.07, 6.45) is 6.90. The molecule has 26 heavy (non-hydrogen) atoms. The fourth-order valence-corrected chi connectivity index (χ4v) is 5.31. The topological polar surface area (TPSA) is 38.3 Å². The van der Waals surface area contributed by atoms with E-state index >= 15 is 0 Å². The average Bonchev–Trinajstić information content (AvgIpc) is 3.11. The molecular formula is C22H27NO2S. The fourth-order valence-electron chi connectivity index (χ4n) is 4.18. The molecule has 2 aliphatic rings. The van der Waals surface area contributed by atoms with E-state index in [0.29, 0.717) is 12.5 Å². The zero-order valence-corrected chi connectivity index (χ0v) is 16.2. The maximum Gasteiger partial charge on any atom is 0.252 e. The van der Waals surface area contributed by atoms with E-state index in [2.05, 4.69) is 41.9 Å². The van der Waals surface area contributed by atoms with Gasteiger partial charge < -0.3 is 10.1 Å². The normalized spacial score (nSPS) is 22.7. The van der Waals surface area contributed by atoms with Crippen LogP contribution in [0.5, 0.6) is 0 Å². The molecule has 3 nitrogen and oxygen atoms in total. The Morgan fingerprint density at radius 2 is 2.00 bits per heavy atom. The predicted octanol–water partition coefficient (Wildman–Crippen LogP) is 4.83. The summed E-state index contributed by atoms with van der Waals surface area (Å²) in [5.41, 5.74) is 4.70. The minimum absolute atomic E-state index is 0.0843. The van der Waals surface area contributed by atoms with Crippen molar-refractivity contribution in [2.24, 2.45) is 5.92 Å². The third-order valence-corrected chi connectivity index (χ3v) is 6.77. The SMILES string of the molecule is Cc1ccc(C2OCCCC2CNC(=O)c2csc3c2CCCC3)cc1. The molecule has 1 N–H and O–H groups in total. The van der Waals surface area contributed by atoms with E-state index in [9.17, 15) is 4.79 Å². The van der Waals surface area contributed by atoms with Crippen LogP contribution in [0.25, 0.3) is 0 Å². The van der Waals surface area contributed by atoms with Crippen molar-refractivity contribution >= 4 is 17.2 Å². The number of carbonyl (C=O) groups excluding carboxylic acids is 1. The first-order valence-electron chi connectivity index (χ1n) is 9.78. The summed E-state index contributed by atoms with van der Waals surface area (Å²) in [5, 5.41) is 5.26. The number of rotatable bonds is 4. The van der Waals surface area contributed by atoms with Crippen LogP contribution in [0.3, 0.4) is 0 Å². The van der Waals surface area contributed by atoms with Gasteiger partial charge in [-0.2, -0.15) is 0 Å². The quantitative estimate of drug-likeness (QED) is 0.838. The molecule has 1 aromatic heterocycles. The van der Waals surface area contributed by atoms with Gasteiger partial charge in [-0.3, -0.25) is 4.79 Å². The number of aryl methyl sites for hydroxylation is 2. The molecular weight excluding hydrogens is 342 g/mol. The summed E-state index contributed by atoms with van der Waals surface area (Å²) in [5.74, 6) is 0.433. The van der Waals surface area contributed by atoms with Crippen LogP contribution < -0.4 is 5.32 Å². The third-order valence-electron chi connectivity index (χ3n) is 5.68. The number of hydrogen-bond acceptors (Lipinski definition) is 3. The van der Waals surface area contributed by atoms with Crippen LogP contribution >= 0.6 is 11.3 Å². The molecule has 1 fully saturated rings. The Morgan fingerprint density at radius 1 is 1.19 bits per heavy atom. The second-order valence-electron chi connectivity index (χ2n) is 7.57. The lowest BCUT2D eigenvalue weighted by Gasteiger charge is -2.32. The van der Waals surface area contributed by atoms with Gasteiger partial charge in [0.15, 0.2) is 0 Å². The highest BCUT2D eigenvalue weighted by molar-refractivity contribution is 7.10. The van der Waals surface area contributed by atoms with Crippen LogP contribution in [0.4, 0.5) is 0 Å². The third kappa shape index (κ3) is 3.72. The fraction of sp³-hybridized carbons (Fsp3) is 0.500. The highest BCUT2D eigenvalue weighted by atomic mass is 32.1. The van der Waals surface area contributed by atoms with Crippen LogP contribution in [-0.4, -0.2) is 19.1 Å². The minimum atomic E-state index is 0.0843. The van der Waals surface area contributed by atoms with Crippen LogP contribution in [0.2, 0.25) is 0 Å². The molecule has 1 saturated heterocycles. The Bertz CT molecular complexity index is 765. The molecule has 0 saturated carbocycles. The van der Waals surface area contributed by atoms with Crippen molar-refractivity contribution in [1.82, 2.24) is 5.32 Å². The molecule has 4 heteroatoms. The van der Waals surface area contributed by atoms with Gasteiger partial charge in [-0.15, -0.1) is 11.3 Å². The number of hydrogen-bond donors (Lipinski definition) is 1. The van der Waals surface area contributed by atoms with Crippen LogP contribution in [0, 0.1) is 12.8 Å².